The number of aliphatic imine (C=N–C) groups is 1. The molecule has 204 valence electrons. The van der Waals surface area contributed by atoms with E-state index in [2.05, 4.69) is 21.7 Å². The number of amides is 1. The number of benzene rings is 1. The number of nitrogens with two attached hydrogens (primary N) is 2. The third kappa shape index (κ3) is 8.44. The minimum Gasteiger partial charge on any atom is -0.386 e. The molecule has 1 aromatic carbocycles. The Bertz CT molecular complexity index is 1300. The molecule has 1 unspecified atom stereocenters. The van der Waals surface area contributed by atoms with Gasteiger partial charge in [0.05, 0.1) is 33.9 Å². The molecule has 16 heteroatoms. The molecule has 1 fully saturated rings. The fraction of sp³-hybridized carbons (Fsp3) is 0.476. The number of nitrogens with zero attached hydrogens (tertiary/aromatic N) is 2. The number of halogens is 3. The third-order valence-electron chi connectivity index (χ3n) is 5.61. The Morgan fingerprint density at radius 3 is 2.32 bits per heavy atom. The molecule has 6 N–H and O–H groups in total. The maximum Gasteiger partial charge on any atom is 0.501 e. The first-order valence-electron chi connectivity index (χ1n) is 10.9. The van der Waals surface area contributed by atoms with Gasteiger partial charge in [0.15, 0.2) is 0 Å². The molecule has 37 heavy (non-hydrogen) atoms. The minimum absolute atomic E-state index is 0.0212. The van der Waals surface area contributed by atoms with E-state index < -0.39 is 41.9 Å². The first-order valence-corrected chi connectivity index (χ1v) is 14.4. The fourth-order valence-corrected chi connectivity index (χ4v) is 4.89. The van der Waals surface area contributed by atoms with E-state index in [-0.39, 0.29) is 41.5 Å². The Labute approximate surface area is 212 Å². The van der Waals surface area contributed by atoms with E-state index in [0.29, 0.717) is 31.4 Å². The van der Waals surface area contributed by atoms with E-state index in [1.807, 2.05) is 0 Å². The van der Waals surface area contributed by atoms with Crippen LogP contribution in [-0.4, -0.2) is 64.7 Å². The lowest BCUT2D eigenvalue weighted by molar-refractivity contribution is -0.114. The van der Waals surface area contributed by atoms with E-state index >= 15 is 0 Å². The monoisotopic (exact) mass is 564 g/mol. The van der Waals surface area contributed by atoms with Crippen molar-refractivity contribution in [1.82, 2.24) is 10.6 Å². The average Bonchev–Trinajstić information content (AvgIpc) is 2.78. The Kier molecular flexibility index (Phi) is 9.69. The smallest absolute Gasteiger partial charge is 0.386 e. The molecule has 0 bridgehead atoms. The van der Waals surface area contributed by atoms with Gasteiger partial charge in [-0.15, -0.1) is 0 Å². The minimum atomic E-state index is -5.53. The van der Waals surface area contributed by atoms with Crippen molar-refractivity contribution in [3.63, 3.8) is 0 Å². The predicted molar refractivity (Wildman–Crippen MR) is 130 cm³/mol. The highest BCUT2D eigenvalue weighted by Gasteiger charge is 2.46. The summed E-state index contributed by atoms with van der Waals surface area (Å²) in [6.07, 6.45) is 3.93. The van der Waals surface area contributed by atoms with E-state index in [9.17, 15) is 40.1 Å². The number of nitriles is 1. The summed E-state index contributed by atoms with van der Waals surface area (Å²) in [7, 11) is -8.64. The molecule has 1 saturated carbocycles. The zero-order valence-corrected chi connectivity index (χ0v) is 21.3. The van der Waals surface area contributed by atoms with Gasteiger partial charge in [0, 0.05) is 31.1 Å². The molecule has 1 amide bonds. The molecule has 11 nitrogen and oxygen atoms in total. The average molecular weight is 565 g/mol. The number of primary amides is 1. The number of carbonyl (C=O) groups is 1. The standard InChI is InChI=1S/C21H27F3N6O5S2/c1-36(32,33)9-8-28-15-4-7-18(13(10-15)11-25)29-12-17(20(27)31)19(26)30-14-2-5-16(6-3-14)37(34,35)21(22,23)24/h2-3,5-6,12-13,15,18,28-29H,4,7-10H2,1H3,(H2,26,30)(H2,27,31)/b17-12+/t13-,15?,18+/m1/s1. The van der Waals surface area contributed by atoms with Crippen LogP contribution in [0.5, 0.6) is 0 Å². The largest absolute Gasteiger partial charge is 0.501 e. The van der Waals surface area contributed by atoms with E-state index in [1.165, 1.54) is 6.20 Å². The van der Waals surface area contributed by atoms with Gasteiger partial charge in [-0.05, 0) is 43.5 Å². The van der Waals surface area contributed by atoms with Crippen LogP contribution in [-0.2, 0) is 24.5 Å². The third-order valence-corrected chi connectivity index (χ3v) is 8.05. The van der Waals surface area contributed by atoms with Crippen LogP contribution in [0.25, 0.3) is 0 Å². The van der Waals surface area contributed by atoms with Crippen LogP contribution in [0.2, 0.25) is 0 Å². The van der Waals surface area contributed by atoms with Gasteiger partial charge in [-0.2, -0.15) is 18.4 Å². The summed E-state index contributed by atoms with van der Waals surface area (Å²) < 4.78 is 83.6. The number of amidine groups is 1. The summed E-state index contributed by atoms with van der Waals surface area (Å²) in [6, 6.07) is 5.15. The first-order chi connectivity index (χ1) is 17.0. The van der Waals surface area contributed by atoms with E-state index in [4.69, 9.17) is 11.5 Å². The highest BCUT2D eigenvalue weighted by Crippen LogP contribution is 2.31. The van der Waals surface area contributed by atoms with Crippen LogP contribution in [0.3, 0.4) is 0 Å². The molecular weight excluding hydrogens is 537 g/mol. The van der Waals surface area contributed by atoms with Crippen molar-refractivity contribution in [2.24, 2.45) is 22.4 Å². The number of carbonyl (C=O) groups excluding carboxylic acids is 1. The second-order valence-corrected chi connectivity index (χ2v) is 12.7. The van der Waals surface area contributed by atoms with Crippen molar-refractivity contribution in [1.29, 1.82) is 5.26 Å². The van der Waals surface area contributed by atoms with Crippen LogP contribution >= 0.6 is 0 Å². The number of alkyl halides is 3. The summed E-state index contributed by atoms with van der Waals surface area (Å²) >= 11 is 0. The molecular formula is C21H27F3N6O5S2. The van der Waals surface area contributed by atoms with Gasteiger partial charge in [0.1, 0.15) is 15.7 Å². The zero-order valence-electron chi connectivity index (χ0n) is 19.7. The predicted octanol–water partition coefficient (Wildman–Crippen LogP) is 0.623. The molecule has 1 aliphatic rings. The molecule has 0 heterocycles. The number of sulfone groups is 2. The van der Waals surface area contributed by atoms with E-state index in [1.54, 1.807) is 0 Å². The highest BCUT2D eigenvalue weighted by atomic mass is 32.2. The lowest BCUT2D eigenvalue weighted by Gasteiger charge is -2.33. The number of hydrogen-bond donors (Lipinski definition) is 4. The molecule has 0 radical (unpaired) electrons. The van der Waals surface area contributed by atoms with Crippen molar-refractivity contribution in [3.05, 3.63) is 36.0 Å². The summed E-state index contributed by atoms with van der Waals surface area (Å²) in [5.41, 5.74) is 5.50. The second kappa shape index (κ2) is 11.9. The molecule has 1 aliphatic carbocycles. The fourth-order valence-electron chi connectivity index (χ4n) is 3.64. The van der Waals surface area contributed by atoms with Gasteiger partial charge in [-0.25, -0.2) is 21.8 Å². The van der Waals surface area contributed by atoms with Crippen molar-refractivity contribution in [2.75, 3.05) is 18.6 Å². The quantitative estimate of drug-likeness (QED) is 0.179. The summed E-state index contributed by atoms with van der Waals surface area (Å²) in [5.74, 6) is -1.84. The number of hydrogen-bond acceptors (Lipinski definition) is 9. The zero-order chi connectivity index (χ0) is 28.0. The van der Waals surface area contributed by atoms with Gasteiger partial charge in [0.2, 0.25) is 0 Å². The second-order valence-electron chi connectivity index (χ2n) is 8.47. The van der Waals surface area contributed by atoms with Crippen LogP contribution in [0.4, 0.5) is 18.9 Å². The molecule has 0 spiro atoms. The van der Waals surface area contributed by atoms with Crippen molar-refractivity contribution in [3.8, 4) is 6.07 Å². The molecule has 3 atom stereocenters. The first kappa shape index (κ1) is 30.1. The molecule has 1 aromatic rings. The summed E-state index contributed by atoms with van der Waals surface area (Å²) in [4.78, 5) is 14.9. The molecule has 0 aromatic heterocycles. The van der Waals surface area contributed by atoms with Gasteiger partial charge in [-0.3, -0.25) is 4.79 Å². The molecule has 0 saturated heterocycles. The van der Waals surface area contributed by atoms with Crippen molar-refractivity contribution in [2.45, 2.75) is 41.7 Å². The highest BCUT2D eigenvalue weighted by molar-refractivity contribution is 7.92. The maximum absolute atomic E-state index is 12.7. The maximum atomic E-state index is 12.7. The lowest BCUT2D eigenvalue weighted by Crippen LogP contribution is -2.45. The van der Waals surface area contributed by atoms with Crippen molar-refractivity contribution >= 4 is 37.1 Å². The van der Waals surface area contributed by atoms with Gasteiger partial charge < -0.3 is 22.1 Å². The normalized spacial score (nSPS) is 21.8. The summed E-state index contributed by atoms with van der Waals surface area (Å²) in [6.45, 7) is 0.265. The van der Waals surface area contributed by atoms with Crippen LogP contribution in [0.1, 0.15) is 19.3 Å². The van der Waals surface area contributed by atoms with Crippen LogP contribution < -0.4 is 22.1 Å². The molecule has 2 rings (SSSR count). The van der Waals surface area contributed by atoms with Crippen LogP contribution in [0.15, 0.2) is 45.9 Å². The lowest BCUT2D eigenvalue weighted by atomic mass is 9.82. The Balaban J connectivity index is 2.11. The van der Waals surface area contributed by atoms with Crippen LogP contribution in [0, 0.1) is 17.2 Å². The Hall–Kier alpha value is -3.16. The topological polar surface area (TPSA) is 198 Å². The molecule has 0 aliphatic heterocycles. The van der Waals surface area contributed by atoms with Gasteiger partial charge >= 0.3 is 5.51 Å². The number of rotatable bonds is 10. The van der Waals surface area contributed by atoms with Crippen molar-refractivity contribution < 1.29 is 34.8 Å². The summed E-state index contributed by atoms with van der Waals surface area (Å²) in [5, 5.41) is 15.6. The van der Waals surface area contributed by atoms with Gasteiger partial charge in [0.25, 0.3) is 15.7 Å². The SMILES string of the molecule is CS(=O)(=O)CCNC1CC[C@H](N/C=C(/C(N)=O)C(N)=Nc2ccc(S(=O)(=O)C(F)(F)F)cc2)[C@@H](C#N)C1. The Morgan fingerprint density at radius 2 is 1.81 bits per heavy atom. The van der Waals surface area contributed by atoms with E-state index in [0.717, 1.165) is 18.4 Å². The van der Waals surface area contributed by atoms with Gasteiger partial charge in [-0.1, -0.05) is 0 Å². The Morgan fingerprint density at radius 1 is 1.19 bits per heavy atom. The number of nitrogens with one attached hydrogen (secondary N) is 2.